The molecule has 1 nitrogen and oxygen atoms in total. The molecule has 1 aromatic heterocycles. The summed E-state index contributed by atoms with van der Waals surface area (Å²) in [6.07, 6.45) is 0. The highest BCUT2D eigenvalue weighted by molar-refractivity contribution is 7.22. The maximum atomic E-state index is 10.4. The van der Waals surface area contributed by atoms with Crippen molar-refractivity contribution in [2.75, 3.05) is 0 Å². The van der Waals surface area contributed by atoms with Crippen LogP contribution in [0.15, 0.2) is 48.5 Å². The van der Waals surface area contributed by atoms with Crippen molar-refractivity contribution in [2.24, 2.45) is 0 Å². The van der Waals surface area contributed by atoms with Gasteiger partial charge in [0.15, 0.2) is 0 Å². The zero-order valence-corrected chi connectivity index (χ0v) is 12.9. The molecule has 102 valence electrons. The molecule has 0 amide bonds. The van der Waals surface area contributed by atoms with Gasteiger partial charge >= 0.3 is 0 Å². The topological polar surface area (TPSA) is 20.2 Å². The van der Waals surface area contributed by atoms with Crippen molar-refractivity contribution >= 4 is 33.0 Å². The van der Waals surface area contributed by atoms with Gasteiger partial charge in [-0.2, -0.15) is 0 Å². The fraction of sp³-hybridized carbons (Fsp3) is 0.176. The third-order valence-electron chi connectivity index (χ3n) is 3.34. The van der Waals surface area contributed by atoms with Crippen LogP contribution in [0.25, 0.3) is 20.5 Å². The second-order valence-corrected chi connectivity index (χ2v) is 6.86. The lowest BCUT2D eigenvalue weighted by Gasteiger charge is -2.22. The lowest BCUT2D eigenvalue weighted by molar-refractivity contribution is 0.0792. The van der Waals surface area contributed by atoms with Gasteiger partial charge in [0.25, 0.3) is 0 Å². The number of hydrogen-bond acceptors (Lipinski definition) is 2. The van der Waals surface area contributed by atoms with Crippen LogP contribution < -0.4 is 0 Å². The smallest absolute Gasteiger partial charge is 0.0847 e. The minimum atomic E-state index is -0.920. The van der Waals surface area contributed by atoms with E-state index in [2.05, 4.69) is 18.2 Å². The lowest BCUT2D eigenvalue weighted by atomic mass is 9.92. The molecular formula is C17H15ClOS. The number of rotatable bonds is 2. The van der Waals surface area contributed by atoms with E-state index < -0.39 is 5.60 Å². The lowest BCUT2D eigenvalue weighted by Crippen LogP contribution is -2.16. The second kappa shape index (κ2) is 4.88. The van der Waals surface area contributed by atoms with Crippen LogP contribution in [0, 0.1) is 0 Å². The number of fused-ring (bicyclic) bond motifs is 1. The van der Waals surface area contributed by atoms with Crippen LogP contribution in [-0.4, -0.2) is 5.11 Å². The Balaban J connectivity index is 2.28. The van der Waals surface area contributed by atoms with Crippen molar-refractivity contribution in [1.29, 1.82) is 0 Å². The van der Waals surface area contributed by atoms with E-state index in [4.69, 9.17) is 11.6 Å². The summed E-state index contributed by atoms with van der Waals surface area (Å²) in [5.41, 5.74) is 0.871. The predicted octanol–water partition coefficient (Wildman–Crippen LogP) is 5.45. The molecule has 1 N–H and O–H groups in total. The van der Waals surface area contributed by atoms with Gasteiger partial charge in [0.05, 0.1) is 5.60 Å². The van der Waals surface area contributed by atoms with Gasteiger partial charge in [-0.25, -0.2) is 0 Å². The number of hydrogen-bond donors (Lipinski definition) is 1. The van der Waals surface area contributed by atoms with Crippen LogP contribution in [0.2, 0.25) is 5.02 Å². The predicted molar refractivity (Wildman–Crippen MR) is 87.5 cm³/mol. The Bertz CT molecular complexity index is 735. The quantitative estimate of drug-likeness (QED) is 0.667. The summed E-state index contributed by atoms with van der Waals surface area (Å²) in [7, 11) is 0. The van der Waals surface area contributed by atoms with Crippen molar-refractivity contribution in [3.05, 3.63) is 59.1 Å². The van der Waals surface area contributed by atoms with Gasteiger partial charge in [0.1, 0.15) is 0 Å². The summed E-state index contributed by atoms with van der Waals surface area (Å²) in [5, 5.41) is 12.3. The number of thiophene rings is 1. The molecule has 2 aromatic carbocycles. The van der Waals surface area contributed by atoms with Crippen molar-refractivity contribution in [2.45, 2.75) is 19.4 Å². The first kappa shape index (κ1) is 13.6. The Hall–Kier alpha value is -1.35. The molecule has 0 fully saturated rings. The first-order valence-electron chi connectivity index (χ1n) is 6.47. The molecule has 3 heteroatoms. The maximum Gasteiger partial charge on any atom is 0.0847 e. The SMILES string of the molecule is CC(C)(O)c1cccc(Cl)c1-c1cc2ccccc2s1. The zero-order chi connectivity index (χ0) is 14.3. The van der Waals surface area contributed by atoms with Crippen LogP contribution in [0.5, 0.6) is 0 Å². The van der Waals surface area contributed by atoms with Gasteiger partial charge in [-0.05, 0) is 43.0 Å². The molecular weight excluding hydrogens is 288 g/mol. The van der Waals surface area contributed by atoms with Gasteiger partial charge in [0.2, 0.25) is 0 Å². The Morgan fingerprint density at radius 1 is 1.05 bits per heavy atom. The van der Waals surface area contributed by atoms with E-state index in [1.54, 1.807) is 25.2 Å². The summed E-state index contributed by atoms with van der Waals surface area (Å²) in [4.78, 5) is 1.09. The molecule has 0 aliphatic heterocycles. The maximum absolute atomic E-state index is 10.4. The third-order valence-corrected chi connectivity index (χ3v) is 4.79. The van der Waals surface area contributed by atoms with E-state index in [0.717, 1.165) is 16.0 Å². The van der Waals surface area contributed by atoms with Gasteiger partial charge in [0, 0.05) is 20.2 Å². The van der Waals surface area contributed by atoms with Crippen LogP contribution in [0.4, 0.5) is 0 Å². The molecule has 3 aromatic rings. The first-order valence-corrected chi connectivity index (χ1v) is 7.66. The molecule has 0 aliphatic rings. The molecule has 20 heavy (non-hydrogen) atoms. The summed E-state index contributed by atoms with van der Waals surface area (Å²) in [6, 6.07) is 16.1. The number of aliphatic hydroxyl groups is 1. The molecule has 0 bridgehead atoms. The van der Waals surface area contributed by atoms with E-state index in [-0.39, 0.29) is 0 Å². The molecule has 0 spiro atoms. The summed E-state index contributed by atoms with van der Waals surface area (Å²) >= 11 is 8.09. The molecule has 3 rings (SSSR count). The van der Waals surface area contributed by atoms with Gasteiger partial charge in [-0.1, -0.05) is 41.9 Å². The zero-order valence-electron chi connectivity index (χ0n) is 11.4. The Labute approximate surface area is 127 Å². The van der Waals surface area contributed by atoms with E-state index >= 15 is 0 Å². The van der Waals surface area contributed by atoms with Crippen molar-refractivity contribution < 1.29 is 5.11 Å². The fourth-order valence-corrected chi connectivity index (χ4v) is 3.86. The van der Waals surface area contributed by atoms with E-state index in [0.29, 0.717) is 5.02 Å². The number of benzene rings is 2. The molecule has 0 aliphatic carbocycles. The molecule has 0 radical (unpaired) electrons. The monoisotopic (exact) mass is 302 g/mol. The standard InChI is InChI=1S/C17H15ClOS/c1-17(2,19)12-7-5-8-13(18)16(12)15-10-11-6-3-4-9-14(11)20-15/h3-10,19H,1-2H3. The van der Waals surface area contributed by atoms with Crippen LogP contribution in [-0.2, 0) is 5.60 Å². The first-order chi connectivity index (χ1) is 9.47. The van der Waals surface area contributed by atoms with Gasteiger partial charge in [-0.15, -0.1) is 11.3 Å². The molecule has 0 saturated carbocycles. The van der Waals surface area contributed by atoms with Crippen molar-refractivity contribution in [3.63, 3.8) is 0 Å². The summed E-state index contributed by atoms with van der Waals surface area (Å²) in [5.74, 6) is 0. The highest BCUT2D eigenvalue weighted by atomic mass is 35.5. The minimum absolute atomic E-state index is 0.677. The second-order valence-electron chi connectivity index (χ2n) is 5.37. The van der Waals surface area contributed by atoms with Gasteiger partial charge < -0.3 is 5.11 Å². The molecule has 0 saturated heterocycles. The van der Waals surface area contributed by atoms with Gasteiger partial charge in [-0.3, -0.25) is 0 Å². The minimum Gasteiger partial charge on any atom is -0.386 e. The van der Waals surface area contributed by atoms with E-state index in [1.807, 2.05) is 30.3 Å². The normalized spacial score (nSPS) is 12.0. The van der Waals surface area contributed by atoms with E-state index in [9.17, 15) is 5.11 Å². The Morgan fingerprint density at radius 2 is 1.80 bits per heavy atom. The average Bonchev–Trinajstić information content (AvgIpc) is 2.80. The highest BCUT2D eigenvalue weighted by Crippen LogP contribution is 2.42. The summed E-state index contributed by atoms with van der Waals surface area (Å²) in [6.45, 7) is 3.57. The van der Waals surface area contributed by atoms with Crippen molar-refractivity contribution in [1.82, 2.24) is 0 Å². The fourth-order valence-electron chi connectivity index (χ4n) is 2.39. The third kappa shape index (κ3) is 2.35. The Kier molecular flexibility index (Phi) is 3.33. The highest BCUT2D eigenvalue weighted by Gasteiger charge is 2.23. The van der Waals surface area contributed by atoms with Crippen molar-refractivity contribution in [3.8, 4) is 10.4 Å². The largest absolute Gasteiger partial charge is 0.386 e. The number of halogens is 1. The van der Waals surface area contributed by atoms with Crippen LogP contribution in [0.1, 0.15) is 19.4 Å². The van der Waals surface area contributed by atoms with Crippen LogP contribution in [0.3, 0.4) is 0 Å². The Morgan fingerprint density at radius 3 is 2.50 bits per heavy atom. The van der Waals surface area contributed by atoms with Crippen LogP contribution >= 0.6 is 22.9 Å². The molecule has 0 atom stereocenters. The summed E-state index contributed by atoms with van der Waals surface area (Å²) < 4.78 is 1.23. The average molecular weight is 303 g/mol. The molecule has 1 heterocycles. The molecule has 0 unspecified atom stereocenters. The van der Waals surface area contributed by atoms with E-state index in [1.165, 1.54) is 10.1 Å².